The van der Waals surface area contributed by atoms with Gasteiger partial charge in [0.25, 0.3) is 5.56 Å². The number of carboxylic acid groups (broad SMARTS) is 1. The van der Waals surface area contributed by atoms with Crippen LogP contribution in [-0.2, 0) is 0 Å². The molecule has 0 unspecified atom stereocenters. The molecule has 36 heavy (non-hydrogen) atoms. The fourth-order valence-electron chi connectivity index (χ4n) is 4.85. The predicted molar refractivity (Wildman–Crippen MR) is 138 cm³/mol. The first-order valence-corrected chi connectivity index (χ1v) is 12.5. The third-order valence-electron chi connectivity index (χ3n) is 6.61. The molecule has 9 heteroatoms. The second-order valence-corrected chi connectivity index (χ2v) is 9.63. The van der Waals surface area contributed by atoms with Crippen LogP contribution >= 0.6 is 11.6 Å². The Hall–Kier alpha value is -3.36. The van der Waals surface area contributed by atoms with Gasteiger partial charge in [-0.05, 0) is 68.6 Å². The summed E-state index contributed by atoms with van der Waals surface area (Å²) in [6.07, 6.45) is 5.16. The van der Waals surface area contributed by atoms with E-state index >= 15 is 0 Å². The minimum atomic E-state index is -1.07. The first-order chi connectivity index (χ1) is 17.3. The normalized spacial score (nSPS) is 17.0. The molecule has 0 radical (unpaired) electrons. The molecule has 1 aliphatic rings. The van der Waals surface area contributed by atoms with Crippen molar-refractivity contribution in [1.82, 2.24) is 14.5 Å². The van der Waals surface area contributed by atoms with Gasteiger partial charge in [0.2, 0.25) is 0 Å². The number of nitrogens with one attached hydrogen (secondary N) is 1. The van der Waals surface area contributed by atoms with Crippen molar-refractivity contribution in [3.05, 3.63) is 91.2 Å². The van der Waals surface area contributed by atoms with E-state index in [1.807, 2.05) is 6.07 Å². The summed E-state index contributed by atoms with van der Waals surface area (Å²) in [5.74, 6) is -0.360. The number of aryl methyl sites for hydroxylation is 1. The molecule has 3 aromatic rings. The number of hydrogen-bond donors (Lipinski definition) is 2. The fraction of sp³-hybridized carbons (Fsp3) is 0.370. The molecular weight excluding hydrogens is 482 g/mol. The number of benzene rings is 2. The molecule has 190 valence electrons. The molecule has 0 aliphatic carbocycles. The standard InChI is InChI=1S/C27H30ClN3O5/c1-3-6-23(30-12-5-8-20(16-30)31-15-17(2)25(32)29-27(31)35)18-10-11-22(26(33)34)24(13-18)36-21-9-4-7-19(28)14-21/h4,7,9-11,13-15,20,23H,3,5-6,8,12,16H2,1-2H3,(H,33,34)(H,29,32,35)/t20-,23+/m0/s1. The van der Waals surface area contributed by atoms with E-state index in [1.54, 1.807) is 54.1 Å². The Balaban J connectivity index is 1.66. The average Bonchev–Trinajstić information content (AvgIpc) is 2.84. The number of likely N-dealkylation sites (tertiary alicyclic amines) is 1. The van der Waals surface area contributed by atoms with E-state index in [2.05, 4.69) is 16.8 Å². The highest BCUT2D eigenvalue weighted by atomic mass is 35.5. The SMILES string of the molecule is CCC[C@H](c1ccc(C(=O)O)c(Oc2cccc(Cl)c2)c1)N1CCC[C@H](n2cc(C)c(=O)[nH]c2=O)C1. The van der Waals surface area contributed by atoms with Gasteiger partial charge >= 0.3 is 11.7 Å². The molecule has 0 saturated carbocycles. The number of aromatic carboxylic acids is 1. The molecule has 2 atom stereocenters. The summed E-state index contributed by atoms with van der Waals surface area (Å²) >= 11 is 6.08. The van der Waals surface area contributed by atoms with Gasteiger partial charge in [-0.15, -0.1) is 0 Å². The lowest BCUT2D eigenvalue weighted by Crippen LogP contribution is -2.43. The second-order valence-electron chi connectivity index (χ2n) is 9.19. The summed E-state index contributed by atoms with van der Waals surface area (Å²) in [7, 11) is 0. The highest BCUT2D eigenvalue weighted by Crippen LogP contribution is 2.36. The zero-order valence-corrected chi connectivity index (χ0v) is 21.1. The van der Waals surface area contributed by atoms with E-state index in [1.165, 1.54) is 0 Å². The van der Waals surface area contributed by atoms with Crippen LogP contribution in [0.5, 0.6) is 11.5 Å². The van der Waals surface area contributed by atoms with Gasteiger partial charge in [-0.3, -0.25) is 19.2 Å². The zero-order valence-electron chi connectivity index (χ0n) is 20.4. The van der Waals surface area contributed by atoms with Crippen LogP contribution in [0.1, 0.15) is 66.2 Å². The second kappa shape index (κ2) is 11.1. The van der Waals surface area contributed by atoms with E-state index in [0.717, 1.165) is 37.8 Å². The van der Waals surface area contributed by atoms with Gasteiger partial charge in [-0.1, -0.05) is 37.1 Å². The van der Waals surface area contributed by atoms with Crippen LogP contribution in [-0.4, -0.2) is 38.6 Å². The summed E-state index contributed by atoms with van der Waals surface area (Å²) in [6, 6.07) is 12.0. The Kier molecular flexibility index (Phi) is 7.96. The first kappa shape index (κ1) is 25.7. The maximum absolute atomic E-state index is 12.5. The number of aromatic nitrogens is 2. The minimum Gasteiger partial charge on any atom is -0.478 e. The molecule has 1 aliphatic heterocycles. The van der Waals surface area contributed by atoms with Crippen molar-refractivity contribution >= 4 is 17.6 Å². The van der Waals surface area contributed by atoms with Crippen LogP contribution in [0.2, 0.25) is 5.02 Å². The van der Waals surface area contributed by atoms with Gasteiger partial charge < -0.3 is 9.84 Å². The molecule has 2 heterocycles. The van der Waals surface area contributed by atoms with Crippen LogP contribution in [0.4, 0.5) is 0 Å². The summed E-state index contributed by atoms with van der Waals surface area (Å²) in [5, 5.41) is 10.2. The van der Waals surface area contributed by atoms with Crippen molar-refractivity contribution in [3.8, 4) is 11.5 Å². The number of H-pyrrole nitrogens is 1. The van der Waals surface area contributed by atoms with E-state index < -0.39 is 11.7 Å². The smallest absolute Gasteiger partial charge is 0.339 e. The average molecular weight is 512 g/mol. The molecular formula is C27H30ClN3O5. The third-order valence-corrected chi connectivity index (χ3v) is 6.85. The molecule has 4 rings (SSSR count). The number of halogens is 1. The molecule has 0 amide bonds. The summed E-state index contributed by atoms with van der Waals surface area (Å²) in [6.45, 7) is 5.30. The monoisotopic (exact) mass is 511 g/mol. The maximum Gasteiger partial charge on any atom is 0.339 e. The highest BCUT2D eigenvalue weighted by molar-refractivity contribution is 6.30. The third kappa shape index (κ3) is 5.71. The number of piperidine rings is 1. The molecule has 0 bridgehead atoms. The Morgan fingerprint density at radius 2 is 2.06 bits per heavy atom. The molecule has 1 fully saturated rings. The van der Waals surface area contributed by atoms with Gasteiger partial charge in [0, 0.05) is 29.4 Å². The van der Waals surface area contributed by atoms with Crippen molar-refractivity contribution in [2.24, 2.45) is 0 Å². The lowest BCUT2D eigenvalue weighted by atomic mass is 9.95. The van der Waals surface area contributed by atoms with Crippen LogP contribution < -0.4 is 16.0 Å². The molecule has 2 N–H and O–H groups in total. The topological polar surface area (TPSA) is 105 Å². The van der Waals surface area contributed by atoms with Crippen molar-refractivity contribution in [2.75, 3.05) is 13.1 Å². The van der Waals surface area contributed by atoms with E-state index in [4.69, 9.17) is 16.3 Å². The first-order valence-electron chi connectivity index (χ1n) is 12.1. The lowest BCUT2D eigenvalue weighted by Gasteiger charge is -2.39. The van der Waals surface area contributed by atoms with E-state index in [9.17, 15) is 19.5 Å². The fourth-order valence-corrected chi connectivity index (χ4v) is 5.03. The number of aromatic amines is 1. The maximum atomic E-state index is 12.5. The van der Waals surface area contributed by atoms with Crippen molar-refractivity contribution in [3.63, 3.8) is 0 Å². The van der Waals surface area contributed by atoms with Crippen LogP contribution in [0.15, 0.2) is 58.3 Å². The Labute approximate surface area is 214 Å². The van der Waals surface area contributed by atoms with Crippen LogP contribution in [0.25, 0.3) is 0 Å². The highest BCUT2D eigenvalue weighted by Gasteiger charge is 2.29. The van der Waals surface area contributed by atoms with Crippen LogP contribution in [0.3, 0.4) is 0 Å². The molecule has 2 aromatic carbocycles. The van der Waals surface area contributed by atoms with E-state index in [-0.39, 0.29) is 29.0 Å². The largest absolute Gasteiger partial charge is 0.478 e. The Morgan fingerprint density at radius 1 is 1.25 bits per heavy atom. The molecule has 8 nitrogen and oxygen atoms in total. The lowest BCUT2D eigenvalue weighted by molar-refractivity contribution is 0.0694. The zero-order chi connectivity index (χ0) is 25.8. The minimum absolute atomic E-state index is 0.0157. The van der Waals surface area contributed by atoms with Crippen molar-refractivity contribution in [2.45, 2.75) is 51.6 Å². The van der Waals surface area contributed by atoms with Gasteiger partial charge in [-0.2, -0.15) is 0 Å². The van der Waals surface area contributed by atoms with Crippen molar-refractivity contribution in [1.29, 1.82) is 0 Å². The van der Waals surface area contributed by atoms with Gasteiger partial charge in [-0.25, -0.2) is 9.59 Å². The summed E-state index contributed by atoms with van der Waals surface area (Å²) in [4.78, 5) is 41.0. The van der Waals surface area contributed by atoms with Gasteiger partial charge in [0.05, 0.1) is 6.04 Å². The van der Waals surface area contributed by atoms with E-state index in [0.29, 0.717) is 22.9 Å². The Bertz CT molecular complexity index is 1370. The Morgan fingerprint density at radius 3 is 2.78 bits per heavy atom. The molecule has 0 spiro atoms. The number of nitrogens with zero attached hydrogens (tertiary/aromatic N) is 2. The van der Waals surface area contributed by atoms with Crippen LogP contribution in [0, 0.1) is 6.92 Å². The number of rotatable bonds is 8. The number of carboxylic acids is 1. The summed E-state index contributed by atoms with van der Waals surface area (Å²) < 4.78 is 7.61. The molecule has 1 aromatic heterocycles. The number of hydrogen-bond acceptors (Lipinski definition) is 5. The number of carbonyl (C=O) groups is 1. The number of ether oxygens (including phenoxy) is 1. The predicted octanol–water partition coefficient (Wildman–Crippen LogP) is 5.17. The summed E-state index contributed by atoms with van der Waals surface area (Å²) in [5.41, 5.74) is 0.764. The van der Waals surface area contributed by atoms with Gasteiger partial charge in [0.1, 0.15) is 17.1 Å². The van der Waals surface area contributed by atoms with Gasteiger partial charge in [0.15, 0.2) is 0 Å². The molecule has 1 saturated heterocycles. The quantitative estimate of drug-likeness (QED) is 0.432. The van der Waals surface area contributed by atoms with Crippen molar-refractivity contribution < 1.29 is 14.6 Å².